The Morgan fingerprint density at radius 2 is 2.00 bits per heavy atom. The zero-order valence-corrected chi connectivity index (χ0v) is 10.3. The van der Waals surface area contributed by atoms with Gasteiger partial charge in [0.05, 0.1) is 5.56 Å². The van der Waals surface area contributed by atoms with E-state index in [1.807, 2.05) is 30.3 Å². The van der Waals surface area contributed by atoms with Crippen molar-refractivity contribution in [3.63, 3.8) is 0 Å². The minimum absolute atomic E-state index is 0.551. The molecule has 0 aliphatic heterocycles. The highest BCUT2D eigenvalue weighted by atomic mass is 16.3. The molecule has 0 amide bonds. The van der Waals surface area contributed by atoms with E-state index in [1.54, 1.807) is 22.7 Å². The van der Waals surface area contributed by atoms with Gasteiger partial charge in [-0.3, -0.25) is 4.40 Å². The molecule has 0 spiro atoms. The van der Waals surface area contributed by atoms with Crippen LogP contribution in [0, 0.1) is 11.3 Å². The van der Waals surface area contributed by atoms with Crippen LogP contribution in [0.2, 0.25) is 0 Å². The quantitative estimate of drug-likeness (QED) is 0.527. The first-order chi connectivity index (χ1) is 9.85. The summed E-state index contributed by atoms with van der Waals surface area (Å²) < 4.78 is 7.55. The summed E-state index contributed by atoms with van der Waals surface area (Å²) in [5, 5.41) is 18.2. The van der Waals surface area contributed by atoms with Gasteiger partial charge in [0.15, 0.2) is 11.4 Å². The van der Waals surface area contributed by atoms with Crippen LogP contribution in [0.1, 0.15) is 5.56 Å². The van der Waals surface area contributed by atoms with Crippen molar-refractivity contribution in [2.24, 2.45) is 0 Å². The molecule has 5 heteroatoms. The molecule has 0 unspecified atom stereocenters. The van der Waals surface area contributed by atoms with Crippen LogP contribution >= 0.6 is 0 Å². The summed E-state index contributed by atoms with van der Waals surface area (Å²) in [6.45, 7) is 0. The Bertz CT molecular complexity index is 941. The lowest BCUT2D eigenvalue weighted by Crippen LogP contribution is -1.89. The Labute approximate surface area is 113 Å². The number of hydrogen-bond acceptors (Lipinski definition) is 4. The Balaban J connectivity index is 1.99. The lowest BCUT2D eigenvalue weighted by Gasteiger charge is -1.96. The molecular weight excluding hydrogens is 252 g/mol. The Hall–Kier alpha value is -3.13. The molecule has 0 saturated carbocycles. The van der Waals surface area contributed by atoms with E-state index in [0.29, 0.717) is 22.8 Å². The average molecular weight is 260 g/mol. The highest BCUT2D eigenvalue weighted by Crippen LogP contribution is 2.26. The predicted octanol–water partition coefficient (Wildman–Crippen LogP) is 3.01. The number of aromatic nitrogens is 3. The lowest BCUT2D eigenvalue weighted by atomic mass is 10.2. The smallest absolute Gasteiger partial charge is 0.204 e. The van der Waals surface area contributed by atoms with Gasteiger partial charge in [0.1, 0.15) is 11.7 Å². The predicted molar refractivity (Wildman–Crippen MR) is 72.9 cm³/mol. The molecule has 0 radical (unpaired) electrons. The molecule has 94 valence electrons. The van der Waals surface area contributed by atoms with E-state index in [-0.39, 0.29) is 0 Å². The van der Waals surface area contributed by atoms with Crippen molar-refractivity contribution in [3.8, 4) is 17.7 Å². The van der Waals surface area contributed by atoms with E-state index in [2.05, 4.69) is 16.3 Å². The number of benzene rings is 1. The van der Waals surface area contributed by atoms with Crippen LogP contribution in [0.25, 0.3) is 28.2 Å². The van der Waals surface area contributed by atoms with E-state index in [9.17, 15) is 0 Å². The van der Waals surface area contributed by atoms with Gasteiger partial charge in [0.2, 0.25) is 5.82 Å². The molecule has 0 atom stereocenters. The number of furan rings is 1. The third-order valence-corrected chi connectivity index (χ3v) is 3.18. The lowest BCUT2D eigenvalue weighted by molar-refractivity contribution is 0.624. The first-order valence-corrected chi connectivity index (χ1v) is 6.09. The van der Waals surface area contributed by atoms with E-state index >= 15 is 0 Å². The van der Waals surface area contributed by atoms with Gasteiger partial charge in [-0.25, -0.2) is 0 Å². The van der Waals surface area contributed by atoms with Crippen LogP contribution in [0.4, 0.5) is 0 Å². The molecule has 3 aromatic heterocycles. The number of para-hydroxylation sites is 1. The first-order valence-electron chi connectivity index (χ1n) is 6.09. The van der Waals surface area contributed by atoms with Crippen molar-refractivity contribution in [2.45, 2.75) is 0 Å². The second-order valence-corrected chi connectivity index (χ2v) is 4.43. The second kappa shape index (κ2) is 3.93. The Morgan fingerprint density at radius 3 is 2.85 bits per heavy atom. The number of nitriles is 1. The minimum Gasteiger partial charge on any atom is -0.453 e. The summed E-state index contributed by atoms with van der Waals surface area (Å²) in [5.41, 5.74) is 2.03. The Kier molecular flexibility index (Phi) is 2.12. The van der Waals surface area contributed by atoms with Crippen LogP contribution < -0.4 is 0 Å². The number of rotatable bonds is 1. The van der Waals surface area contributed by atoms with E-state index in [0.717, 1.165) is 11.0 Å². The summed E-state index contributed by atoms with van der Waals surface area (Å²) in [5.74, 6) is 1.22. The van der Waals surface area contributed by atoms with Crippen LogP contribution in [0.15, 0.2) is 53.1 Å². The normalized spacial score (nSPS) is 10.9. The second-order valence-electron chi connectivity index (χ2n) is 4.43. The molecule has 4 aromatic rings. The Morgan fingerprint density at radius 1 is 1.10 bits per heavy atom. The molecule has 20 heavy (non-hydrogen) atoms. The standard InChI is InChI=1S/C15H8N4O/c16-8-10-5-6-14-17-18-15(19(14)9-10)13-7-11-3-1-2-4-12(11)20-13/h1-7,9H. The molecule has 0 saturated heterocycles. The van der Waals surface area contributed by atoms with Gasteiger partial charge in [-0.2, -0.15) is 5.26 Å². The fourth-order valence-electron chi connectivity index (χ4n) is 2.22. The fraction of sp³-hybridized carbons (Fsp3) is 0. The summed E-state index contributed by atoms with van der Waals surface area (Å²) in [7, 11) is 0. The maximum atomic E-state index is 8.98. The molecule has 0 aliphatic carbocycles. The maximum absolute atomic E-state index is 8.98. The monoisotopic (exact) mass is 260 g/mol. The molecule has 0 N–H and O–H groups in total. The number of hydrogen-bond donors (Lipinski definition) is 0. The molecule has 5 nitrogen and oxygen atoms in total. The number of nitrogens with zero attached hydrogens (tertiary/aromatic N) is 4. The fourth-order valence-corrected chi connectivity index (χ4v) is 2.22. The van der Waals surface area contributed by atoms with Crippen molar-refractivity contribution >= 4 is 16.6 Å². The summed E-state index contributed by atoms with van der Waals surface area (Å²) in [4.78, 5) is 0. The van der Waals surface area contributed by atoms with Crippen molar-refractivity contribution in [2.75, 3.05) is 0 Å². The van der Waals surface area contributed by atoms with Gasteiger partial charge >= 0.3 is 0 Å². The van der Waals surface area contributed by atoms with Gasteiger partial charge in [-0.15, -0.1) is 10.2 Å². The number of fused-ring (bicyclic) bond motifs is 2. The number of pyridine rings is 1. The van der Waals surface area contributed by atoms with Crippen molar-refractivity contribution in [3.05, 3.63) is 54.2 Å². The summed E-state index contributed by atoms with van der Waals surface area (Å²) >= 11 is 0. The molecule has 0 aliphatic rings. The topological polar surface area (TPSA) is 67.1 Å². The third kappa shape index (κ3) is 1.49. The van der Waals surface area contributed by atoms with Gasteiger partial charge < -0.3 is 4.42 Å². The van der Waals surface area contributed by atoms with Crippen LogP contribution in [-0.2, 0) is 0 Å². The van der Waals surface area contributed by atoms with Crippen LogP contribution in [-0.4, -0.2) is 14.6 Å². The van der Waals surface area contributed by atoms with Crippen molar-refractivity contribution < 1.29 is 4.42 Å². The molecule has 1 aromatic carbocycles. The average Bonchev–Trinajstić information content (AvgIpc) is 3.09. The summed E-state index contributed by atoms with van der Waals surface area (Å²) in [6.07, 6.45) is 1.71. The van der Waals surface area contributed by atoms with Crippen LogP contribution in [0.3, 0.4) is 0 Å². The molecule has 0 fully saturated rings. The van der Waals surface area contributed by atoms with E-state index < -0.39 is 0 Å². The van der Waals surface area contributed by atoms with Gasteiger partial charge in [0, 0.05) is 11.6 Å². The van der Waals surface area contributed by atoms with Gasteiger partial charge in [-0.1, -0.05) is 18.2 Å². The zero-order valence-electron chi connectivity index (χ0n) is 10.3. The van der Waals surface area contributed by atoms with E-state index in [4.69, 9.17) is 9.68 Å². The zero-order chi connectivity index (χ0) is 13.5. The van der Waals surface area contributed by atoms with E-state index in [1.165, 1.54) is 0 Å². The third-order valence-electron chi connectivity index (χ3n) is 3.18. The molecule has 0 bridgehead atoms. The van der Waals surface area contributed by atoms with Gasteiger partial charge in [0.25, 0.3) is 0 Å². The van der Waals surface area contributed by atoms with Gasteiger partial charge in [-0.05, 0) is 24.3 Å². The molecule has 4 rings (SSSR count). The maximum Gasteiger partial charge on any atom is 0.204 e. The van der Waals surface area contributed by atoms with Crippen LogP contribution in [0.5, 0.6) is 0 Å². The first kappa shape index (κ1) is 10.8. The van der Waals surface area contributed by atoms with Crippen molar-refractivity contribution in [1.29, 1.82) is 5.26 Å². The van der Waals surface area contributed by atoms with Crippen molar-refractivity contribution in [1.82, 2.24) is 14.6 Å². The molecular formula is C15H8N4O. The highest BCUT2D eigenvalue weighted by Gasteiger charge is 2.13. The minimum atomic E-state index is 0.551. The SMILES string of the molecule is N#Cc1ccc2nnc(-c3cc4ccccc4o3)n2c1. The largest absolute Gasteiger partial charge is 0.453 e. The molecule has 3 heterocycles. The highest BCUT2D eigenvalue weighted by molar-refractivity contribution is 5.81. The summed E-state index contributed by atoms with van der Waals surface area (Å²) in [6, 6.07) is 15.3.